The van der Waals surface area contributed by atoms with Crippen LogP contribution < -0.4 is 4.74 Å². The molecule has 4 unspecified atom stereocenters. The average molecular weight is 261 g/mol. The van der Waals surface area contributed by atoms with Gasteiger partial charge in [0, 0.05) is 11.6 Å². The second-order valence-corrected chi connectivity index (χ2v) is 5.96. The maximum Gasteiger partial charge on any atom is 0.125 e. The number of ether oxygens (including phenoxy) is 1. The largest absolute Gasteiger partial charge is 0.491 e. The van der Waals surface area contributed by atoms with E-state index in [1.165, 1.54) is 12.8 Å². The smallest absolute Gasteiger partial charge is 0.125 e. The van der Waals surface area contributed by atoms with Gasteiger partial charge >= 0.3 is 0 Å². The van der Waals surface area contributed by atoms with Crippen molar-refractivity contribution in [2.75, 3.05) is 13.2 Å². The topological polar surface area (TPSA) is 32.7 Å². The summed E-state index contributed by atoms with van der Waals surface area (Å²) >= 11 is 0. The van der Waals surface area contributed by atoms with Crippen LogP contribution in [0.3, 0.4) is 0 Å². The Morgan fingerprint density at radius 2 is 2.05 bits per heavy atom. The van der Waals surface area contributed by atoms with Crippen LogP contribution in [0.4, 0.5) is 0 Å². The molecular formula is C16H23NO2. The Kier molecular flexibility index (Phi) is 3.50. The number of fused-ring (bicyclic) bond motifs is 1. The van der Waals surface area contributed by atoms with E-state index in [0.29, 0.717) is 18.6 Å². The summed E-state index contributed by atoms with van der Waals surface area (Å²) in [6, 6.07) is 8.45. The van der Waals surface area contributed by atoms with Gasteiger partial charge in [-0.3, -0.25) is 4.90 Å². The third-order valence-electron chi connectivity index (χ3n) is 4.86. The molecule has 0 radical (unpaired) electrons. The number of benzene rings is 1. The molecule has 19 heavy (non-hydrogen) atoms. The first-order chi connectivity index (χ1) is 9.18. The molecule has 0 saturated carbocycles. The molecule has 1 fully saturated rings. The van der Waals surface area contributed by atoms with E-state index in [-0.39, 0.29) is 6.04 Å². The highest BCUT2D eigenvalue weighted by molar-refractivity contribution is 5.37. The van der Waals surface area contributed by atoms with E-state index in [1.54, 1.807) is 0 Å². The molecule has 0 spiro atoms. The monoisotopic (exact) mass is 261 g/mol. The van der Waals surface area contributed by atoms with Crippen LogP contribution in [0.15, 0.2) is 24.3 Å². The molecule has 1 saturated heterocycles. The lowest BCUT2D eigenvalue weighted by molar-refractivity contribution is -0.0372. The van der Waals surface area contributed by atoms with Crippen LogP contribution in [0, 0.1) is 5.92 Å². The van der Waals surface area contributed by atoms with Crippen molar-refractivity contribution >= 4 is 0 Å². The molecular weight excluding hydrogens is 238 g/mol. The van der Waals surface area contributed by atoms with Gasteiger partial charge in [0.05, 0.1) is 6.04 Å². The number of nitrogens with zero attached hydrogens (tertiary/aromatic N) is 1. The first kappa shape index (κ1) is 12.9. The highest BCUT2D eigenvalue weighted by Gasteiger charge is 2.38. The summed E-state index contributed by atoms with van der Waals surface area (Å²) in [6.07, 6.45) is 2.08. The Morgan fingerprint density at radius 1 is 1.26 bits per heavy atom. The molecule has 1 aromatic rings. The normalized spacial score (nSPS) is 35.5. The lowest BCUT2D eigenvalue weighted by Crippen LogP contribution is -2.53. The summed E-state index contributed by atoms with van der Waals surface area (Å²) in [5, 5.41) is 10.7. The number of piperidine rings is 1. The molecule has 2 aliphatic rings. The number of para-hydroxylation sites is 1. The number of likely N-dealkylation sites (tertiary alicyclic amines) is 1. The van der Waals surface area contributed by atoms with Gasteiger partial charge in [-0.05, 0) is 38.3 Å². The zero-order chi connectivity index (χ0) is 13.4. The predicted octanol–water partition coefficient (Wildman–Crippen LogP) is 2.60. The van der Waals surface area contributed by atoms with E-state index in [9.17, 15) is 5.11 Å². The minimum atomic E-state index is -0.433. The summed E-state index contributed by atoms with van der Waals surface area (Å²) in [5.74, 6) is 1.53. The molecule has 3 nitrogen and oxygen atoms in total. The van der Waals surface area contributed by atoms with Crippen molar-refractivity contribution in [3.05, 3.63) is 29.8 Å². The van der Waals surface area contributed by atoms with Gasteiger partial charge in [0.1, 0.15) is 18.5 Å². The molecule has 0 aliphatic carbocycles. The summed E-state index contributed by atoms with van der Waals surface area (Å²) in [4.78, 5) is 2.44. The van der Waals surface area contributed by atoms with E-state index < -0.39 is 6.10 Å². The number of aliphatic hydroxyl groups is 1. The van der Waals surface area contributed by atoms with Crippen molar-refractivity contribution in [2.45, 2.75) is 44.9 Å². The van der Waals surface area contributed by atoms with Crippen LogP contribution in [0.1, 0.15) is 38.4 Å². The molecule has 0 aromatic heterocycles. The second kappa shape index (κ2) is 5.14. The first-order valence-corrected chi connectivity index (χ1v) is 7.34. The van der Waals surface area contributed by atoms with Crippen molar-refractivity contribution in [3.8, 4) is 5.75 Å². The fourth-order valence-corrected chi connectivity index (χ4v) is 3.44. The zero-order valence-corrected chi connectivity index (χ0v) is 11.7. The Labute approximate surface area is 115 Å². The Morgan fingerprint density at radius 3 is 2.89 bits per heavy atom. The molecule has 104 valence electrons. The lowest BCUT2D eigenvalue weighted by atomic mass is 9.88. The van der Waals surface area contributed by atoms with Crippen LogP contribution >= 0.6 is 0 Å². The van der Waals surface area contributed by atoms with Crippen molar-refractivity contribution in [3.63, 3.8) is 0 Å². The summed E-state index contributed by atoms with van der Waals surface area (Å²) in [6.45, 7) is 6.24. The van der Waals surface area contributed by atoms with Crippen molar-refractivity contribution in [2.24, 2.45) is 5.92 Å². The standard InChI is InChI=1S/C16H23NO2/c1-11-6-5-9-17(12(11)2)14-10-19-15-8-4-3-7-13(15)16(14)18/h3-4,7-8,11-12,14,16,18H,5-6,9-10H2,1-2H3. The molecule has 1 N–H and O–H groups in total. The van der Waals surface area contributed by atoms with E-state index >= 15 is 0 Å². The average Bonchev–Trinajstić information content (AvgIpc) is 2.43. The first-order valence-electron chi connectivity index (χ1n) is 7.34. The summed E-state index contributed by atoms with van der Waals surface area (Å²) < 4.78 is 5.84. The third-order valence-corrected chi connectivity index (χ3v) is 4.86. The van der Waals surface area contributed by atoms with Gasteiger partial charge in [0.2, 0.25) is 0 Å². The molecule has 3 heteroatoms. The Hall–Kier alpha value is -1.06. The van der Waals surface area contributed by atoms with E-state index in [1.807, 2.05) is 24.3 Å². The van der Waals surface area contributed by atoms with Gasteiger partial charge in [-0.25, -0.2) is 0 Å². The highest BCUT2D eigenvalue weighted by atomic mass is 16.5. The zero-order valence-electron chi connectivity index (χ0n) is 11.7. The molecule has 3 rings (SSSR count). The number of aliphatic hydroxyl groups excluding tert-OH is 1. The van der Waals surface area contributed by atoms with Gasteiger partial charge in [-0.2, -0.15) is 0 Å². The number of rotatable bonds is 1. The number of hydrogen-bond acceptors (Lipinski definition) is 3. The van der Waals surface area contributed by atoms with Crippen molar-refractivity contribution in [1.29, 1.82) is 0 Å². The minimum Gasteiger partial charge on any atom is -0.491 e. The van der Waals surface area contributed by atoms with Gasteiger partial charge in [0.15, 0.2) is 0 Å². The van der Waals surface area contributed by atoms with Crippen molar-refractivity contribution < 1.29 is 9.84 Å². The fourth-order valence-electron chi connectivity index (χ4n) is 3.44. The van der Waals surface area contributed by atoms with Crippen LogP contribution in [0.2, 0.25) is 0 Å². The van der Waals surface area contributed by atoms with Crippen LogP contribution in [0.25, 0.3) is 0 Å². The van der Waals surface area contributed by atoms with E-state index in [0.717, 1.165) is 17.9 Å². The molecule has 2 aliphatic heterocycles. The highest BCUT2D eigenvalue weighted by Crippen LogP contribution is 2.36. The Balaban J connectivity index is 1.83. The van der Waals surface area contributed by atoms with Gasteiger partial charge in [-0.1, -0.05) is 25.1 Å². The second-order valence-electron chi connectivity index (χ2n) is 5.96. The van der Waals surface area contributed by atoms with E-state index in [4.69, 9.17) is 4.74 Å². The quantitative estimate of drug-likeness (QED) is 0.843. The summed E-state index contributed by atoms with van der Waals surface area (Å²) in [5.41, 5.74) is 0.934. The van der Waals surface area contributed by atoms with Crippen LogP contribution in [0.5, 0.6) is 5.75 Å². The van der Waals surface area contributed by atoms with Crippen LogP contribution in [-0.4, -0.2) is 35.2 Å². The van der Waals surface area contributed by atoms with Gasteiger partial charge in [-0.15, -0.1) is 0 Å². The van der Waals surface area contributed by atoms with E-state index in [2.05, 4.69) is 18.7 Å². The van der Waals surface area contributed by atoms with Crippen LogP contribution in [-0.2, 0) is 0 Å². The fraction of sp³-hybridized carbons (Fsp3) is 0.625. The maximum absolute atomic E-state index is 10.7. The Bertz CT molecular complexity index is 448. The molecule has 4 atom stereocenters. The molecule has 2 heterocycles. The van der Waals surface area contributed by atoms with Crippen molar-refractivity contribution in [1.82, 2.24) is 4.90 Å². The SMILES string of the molecule is CC1CCCN(C2COc3ccccc3C2O)C1C. The molecule has 0 amide bonds. The third kappa shape index (κ3) is 2.26. The summed E-state index contributed by atoms with van der Waals surface area (Å²) in [7, 11) is 0. The number of hydrogen-bond donors (Lipinski definition) is 1. The molecule has 1 aromatic carbocycles. The lowest BCUT2D eigenvalue weighted by Gasteiger charge is -2.46. The minimum absolute atomic E-state index is 0.0904. The predicted molar refractivity (Wildman–Crippen MR) is 75.3 cm³/mol. The van der Waals surface area contributed by atoms with Gasteiger partial charge in [0.25, 0.3) is 0 Å². The van der Waals surface area contributed by atoms with Gasteiger partial charge < -0.3 is 9.84 Å². The molecule has 0 bridgehead atoms. The maximum atomic E-state index is 10.7.